The molecule has 1 aliphatic rings. The smallest absolute Gasteiger partial charge is 0.286 e. The summed E-state index contributed by atoms with van der Waals surface area (Å²) >= 11 is 0.969. The van der Waals surface area contributed by atoms with Gasteiger partial charge in [0.25, 0.3) is 11.8 Å². The molecule has 3 aromatic rings. The van der Waals surface area contributed by atoms with Crippen molar-refractivity contribution in [3.05, 3.63) is 64.0 Å². The van der Waals surface area contributed by atoms with Gasteiger partial charge in [-0.1, -0.05) is 29.0 Å². The van der Waals surface area contributed by atoms with E-state index in [9.17, 15) is 14.4 Å². The largest absolute Gasteiger partial charge is 0.469 e. The minimum absolute atomic E-state index is 0.00265. The van der Waals surface area contributed by atoms with E-state index in [1.807, 2.05) is 38.1 Å². The number of rotatable bonds is 7. The lowest BCUT2D eigenvalue weighted by molar-refractivity contribution is -0.126. The topological polar surface area (TPSA) is 117 Å². The molecule has 0 spiro atoms. The summed E-state index contributed by atoms with van der Waals surface area (Å²) in [5.41, 5.74) is 1.74. The van der Waals surface area contributed by atoms with Gasteiger partial charge in [0.2, 0.25) is 15.9 Å². The van der Waals surface area contributed by atoms with E-state index >= 15 is 0 Å². The summed E-state index contributed by atoms with van der Waals surface area (Å²) in [5, 5.41) is 13.9. The van der Waals surface area contributed by atoms with E-state index in [2.05, 4.69) is 20.8 Å². The van der Waals surface area contributed by atoms with Gasteiger partial charge in [-0.3, -0.25) is 14.4 Å². The van der Waals surface area contributed by atoms with Gasteiger partial charge in [0.05, 0.1) is 6.26 Å². The van der Waals surface area contributed by atoms with Crippen molar-refractivity contribution in [2.45, 2.75) is 39.2 Å². The fraction of sp³-hybridized carbons (Fsp3) is 0.375. The zero-order valence-electron chi connectivity index (χ0n) is 19.1. The first kappa shape index (κ1) is 23.6. The van der Waals surface area contributed by atoms with Crippen molar-refractivity contribution in [3.8, 4) is 0 Å². The first-order valence-corrected chi connectivity index (χ1v) is 12.0. The Kier molecular flexibility index (Phi) is 7.36. The van der Waals surface area contributed by atoms with Crippen LogP contribution in [0.3, 0.4) is 0 Å². The fourth-order valence-electron chi connectivity index (χ4n) is 3.85. The van der Waals surface area contributed by atoms with Gasteiger partial charge in [0.15, 0.2) is 0 Å². The summed E-state index contributed by atoms with van der Waals surface area (Å²) in [6, 6.07) is 11.1. The highest BCUT2D eigenvalue weighted by atomic mass is 32.1. The highest BCUT2D eigenvalue weighted by molar-refractivity contribution is 7.15. The number of furan rings is 1. The molecular formula is C24H27N5O4S. The van der Waals surface area contributed by atoms with Gasteiger partial charge in [-0.15, -0.1) is 10.2 Å². The van der Waals surface area contributed by atoms with Crippen molar-refractivity contribution in [3.63, 3.8) is 0 Å². The molecule has 3 amide bonds. The lowest BCUT2D eigenvalue weighted by atomic mass is 9.95. The van der Waals surface area contributed by atoms with Gasteiger partial charge < -0.3 is 20.0 Å². The molecule has 34 heavy (non-hydrogen) atoms. The minimum Gasteiger partial charge on any atom is -0.469 e. The highest BCUT2D eigenvalue weighted by Gasteiger charge is 2.30. The first-order valence-electron chi connectivity index (χ1n) is 11.2. The number of anilines is 1. The van der Waals surface area contributed by atoms with Crippen molar-refractivity contribution in [2.24, 2.45) is 5.92 Å². The van der Waals surface area contributed by atoms with E-state index in [-0.39, 0.29) is 33.8 Å². The fourth-order valence-corrected chi connectivity index (χ4v) is 4.55. The van der Waals surface area contributed by atoms with Crippen molar-refractivity contribution >= 4 is 34.7 Å². The Morgan fingerprint density at radius 1 is 1.12 bits per heavy atom. The molecule has 1 aliphatic heterocycles. The van der Waals surface area contributed by atoms with Crippen LogP contribution in [0.2, 0.25) is 0 Å². The Bertz CT molecular complexity index is 1130. The number of nitrogens with zero attached hydrogens (tertiary/aromatic N) is 3. The normalized spacial score (nSPS) is 15.1. The van der Waals surface area contributed by atoms with Gasteiger partial charge in [-0.25, -0.2) is 0 Å². The lowest BCUT2D eigenvalue weighted by Gasteiger charge is -2.31. The number of carbonyl (C=O) groups excluding carboxylic acids is 3. The monoisotopic (exact) mass is 481 g/mol. The van der Waals surface area contributed by atoms with Gasteiger partial charge in [-0.2, -0.15) is 0 Å². The first-order chi connectivity index (χ1) is 16.4. The number of hydrogen-bond donors (Lipinski definition) is 2. The number of likely N-dealkylation sites (tertiary alicyclic amines) is 1. The molecule has 2 N–H and O–H groups in total. The number of nitrogens with one attached hydrogen (secondary N) is 2. The second-order valence-corrected chi connectivity index (χ2v) is 9.47. The van der Waals surface area contributed by atoms with E-state index in [0.717, 1.165) is 22.7 Å². The third-order valence-corrected chi connectivity index (χ3v) is 6.65. The van der Waals surface area contributed by atoms with Gasteiger partial charge in [0.1, 0.15) is 5.76 Å². The molecule has 0 bridgehead atoms. The van der Waals surface area contributed by atoms with Crippen LogP contribution in [-0.4, -0.2) is 52.0 Å². The molecule has 1 atom stereocenters. The van der Waals surface area contributed by atoms with Crippen molar-refractivity contribution in [1.82, 2.24) is 20.4 Å². The number of aryl methyl sites for hydroxylation is 1. The van der Waals surface area contributed by atoms with Crippen LogP contribution >= 0.6 is 11.3 Å². The molecule has 0 radical (unpaired) electrons. The molecule has 1 fully saturated rings. The molecular weight excluding hydrogens is 454 g/mol. The van der Waals surface area contributed by atoms with Crippen LogP contribution in [0.25, 0.3) is 0 Å². The quantitative estimate of drug-likeness (QED) is 0.535. The molecule has 1 saturated heterocycles. The van der Waals surface area contributed by atoms with Crippen LogP contribution in [-0.2, 0) is 11.2 Å². The van der Waals surface area contributed by atoms with Gasteiger partial charge >= 0.3 is 0 Å². The summed E-state index contributed by atoms with van der Waals surface area (Å²) in [4.78, 5) is 39.6. The van der Waals surface area contributed by atoms with E-state index in [4.69, 9.17) is 4.42 Å². The number of amides is 3. The third-order valence-electron chi connectivity index (χ3n) is 5.74. The Hall–Kier alpha value is -3.53. The molecule has 10 heteroatoms. The number of carbonyl (C=O) groups is 3. The SMILES string of the molecule is Cc1ccc(NC(=O)c2nnc(C(=O)N3CCC(C(=O)N[C@H](C)Cc4ccco4)CC3)s2)cc1. The number of piperidine rings is 1. The summed E-state index contributed by atoms with van der Waals surface area (Å²) in [7, 11) is 0. The molecule has 0 saturated carbocycles. The van der Waals surface area contributed by atoms with Crippen LogP contribution < -0.4 is 10.6 Å². The maximum absolute atomic E-state index is 12.9. The second-order valence-electron chi connectivity index (χ2n) is 8.49. The molecule has 0 aliphatic carbocycles. The van der Waals surface area contributed by atoms with Crippen molar-refractivity contribution in [1.29, 1.82) is 0 Å². The predicted octanol–water partition coefficient (Wildman–Crippen LogP) is 3.29. The summed E-state index contributed by atoms with van der Waals surface area (Å²) in [6.07, 6.45) is 3.40. The predicted molar refractivity (Wildman–Crippen MR) is 128 cm³/mol. The molecule has 3 heterocycles. The second kappa shape index (κ2) is 10.6. The van der Waals surface area contributed by atoms with E-state index in [1.54, 1.807) is 23.3 Å². The molecule has 2 aromatic heterocycles. The Morgan fingerprint density at radius 2 is 1.82 bits per heavy atom. The summed E-state index contributed by atoms with van der Waals surface area (Å²) < 4.78 is 5.33. The average molecular weight is 482 g/mol. The van der Waals surface area contributed by atoms with Crippen LogP contribution in [0.4, 0.5) is 5.69 Å². The molecule has 9 nitrogen and oxygen atoms in total. The van der Waals surface area contributed by atoms with Gasteiger partial charge in [0, 0.05) is 37.2 Å². The van der Waals surface area contributed by atoms with Crippen molar-refractivity contribution < 1.29 is 18.8 Å². The average Bonchev–Trinajstić information content (AvgIpc) is 3.52. The van der Waals surface area contributed by atoms with Crippen LogP contribution in [0.1, 0.15) is 50.7 Å². The van der Waals surface area contributed by atoms with Crippen LogP contribution in [0, 0.1) is 12.8 Å². The van der Waals surface area contributed by atoms with Crippen LogP contribution in [0.15, 0.2) is 47.1 Å². The number of aromatic nitrogens is 2. The zero-order chi connectivity index (χ0) is 24.1. The summed E-state index contributed by atoms with van der Waals surface area (Å²) in [5.74, 6) is 0.0130. The Morgan fingerprint density at radius 3 is 2.50 bits per heavy atom. The number of hydrogen-bond acceptors (Lipinski definition) is 7. The van der Waals surface area contributed by atoms with E-state index < -0.39 is 5.91 Å². The zero-order valence-corrected chi connectivity index (χ0v) is 19.9. The maximum Gasteiger partial charge on any atom is 0.286 e. The lowest BCUT2D eigenvalue weighted by Crippen LogP contribution is -2.45. The summed E-state index contributed by atoms with van der Waals surface area (Å²) in [6.45, 7) is 4.82. The van der Waals surface area contributed by atoms with Crippen LogP contribution in [0.5, 0.6) is 0 Å². The highest BCUT2D eigenvalue weighted by Crippen LogP contribution is 2.21. The Labute approximate surface area is 201 Å². The Balaban J connectivity index is 1.26. The van der Waals surface area contributed by atoms with Gasteiger partial charge in [-0.05, 0) is 51.0 Å². The maximum atomic E-state index is 12.9. The third kappa shape index (κ3) is 5.88. The molecule has 0 unspecified atom stereocenters. The molecule has 1 aromatic carbocycles. The minimum atomic E-state index is -0.403. The van der Waals surface area contributed by atoms with E-state index in [0.29, 0.717) is 38.0 Å². The number of benzene rings is 1. The molecule has 178 valence electrons. The molecule has 4 rings (SSSR count). The standard InChI is InChI=1S/C24H27N5O4S/c1-15-5-7-18(8-6-15)26-21(31)22-27-28-23(34-22)24(32)29-11-9-17(10-12-29)20(30)25-16(2)14-19-4-3-13-33-19/h3-8,13,16-17H,9-12,14H2,1-2H3,(H,25,30)(H,26,31)/t16-/m1/s1. The van der Waals surface area contributed by atoms with Crippen molar-refractivity contribution in [2.75, 3.05) is 18.4 Å². The van der Waals surface area contributed by atoms with E-state index in [1.165, 1.54) is 0 Å².